The van der Waals surface area contributed by atoms with E-state index in [2.05, 4.69) is 41.5 Å². The molecule has 0 saturated heterocycles. The average Bonchev–Trinajstić information content (AvgIpc) is 2.97. The summed E-state index contributed by atoms with van der Waals surface area (Å²) >= 11 is 1.71. The number of carbonyl (C=O) groups excluding carboxylic acids is 1. The number of carbonyl (C=O) groups is 1. The minimum Gasteiger partial charge on any atom is -0.352 e. The lowest BCUT2D eigenvalue weighted by molar-refractivity contribution is 0.0954. The third-order valence-corrected chi connectivity index (χ3v) is 5.41. The first-order valence-electron chi connectivity index (χ1n) is 8.41. The molecule has 3 nitrogen and oxygen atoms in total. The van der Waals surface area contributed by atoms with Crippen molar-refractivity contribution in [1.29, 1.82) is 0 Å². The molecule has 0 spiro atoms. The summed E-state index contributed by atoms with van der Waals surface area (Å²) in [5.41, 5.74) is 5.29. The first-order valence-corrected chi connectivity index (χ1v) is 9.23. The fourth-order valence-corrected chi connectivity index (χ4v) is 3.64. The van der Waals surface area contributed by atoms with E-state index in [9.17, 15) is 4.79 Å². The van der Waals surface area contributed by atoms with Gasteiger partial charge in [-0.25, -0.2) is 4.98 Å². The maximum absolute atomic E-state index is 12.2. The van der Waals surface area contributed by atoms with Crippen molar-refractivity contribution in [1.82, 2.24) is 10.3 Å². The Kier molecular flexibility index (Phi) is 5.29. The van der Waals surface area contributed by atoms with E-state index in [1.807, 2.05) is 38.1 Å². The van der Waals surface area contributed by atoms with Crippen molar-refractivity contribution in [2.24, 2.45) is 0 Å². The Morgan fingerprint density at radius 1 is 0.960 bits per heavy atom. The van der Waals surface area contributed by atoms with Gasteiger partial charge < -0.3 is 5.32 Å². The quantitative estimate of drug-likeness (QED) is 0.724. The van der Waals surface area contributed by atoms with Crippen LogP contribution in [0.4, 0.5) is 0 Å². The van der Waals surface area contributed by atoms with Crippen molar-refractivity contribution in [2.75, 3.05) is 6.54 Å². The summed E-state index contributed by atoms with van der Waals surface area (Å²) in [7, 11) is 0. The molecule has 0 unspecified atom stereocenters. The molecule has 25 heavy (non-hydrogen) atoms. The molecule has 1 heterocycles. The zero-order valence-corrected chi connectivity index (χ0v) is 15.6. The lowest BCUT2D eigenvalue weighted by Crippen LogP contribution is -2.25. The van der Waals surface area contributed by atoms with Crippen LogP contribution in [0.1, 0.15) is 32.1 Å². The number of hydrogen-bond donors (Lipinski definition) is 1. The minimum atomic E-state index is -0.0269. The zero-order valence-electron chi connectivity index (χ0n) is 14.8. The predicted octanol–water partition coefficient (Wildman–Crippen LogP) is 4.71. The van der Waals surface area contributed by atoms with Gasteiger partial charge in [-0.1, -0.05) is 47.5 Å². The van der Waals surface area contributed by atoms with E-state index in [0.29, 0.717) is 12.1 Å². The second-order valence-corrected chi connectivity index (χ2v) is 7.35. The van der Waals surface area contributed by atoms with Gasteiger partial charge in [0.25, 0.3) is 5.91 Å². The standard InChI is InChI=1S/C21H22N2OS/c1-14-4-8-17(9-5-14)20(24)22-13-12-19-16(3)23-21(25-19)18-10-6-15(2)7-11-18/h4-11H,12-13H2,1-3H3,(H,22,24). The molecule has 0 atom stereocenters. The number of aryl methyl sites for hydroxylation is 3. The summed E-state index contributed by atoms with van der Waals surface area (Å²) in [6.45, 7) is 6.74. The van der Waals surface area contributed by atoms with Crippen LogP contribution in [0, 0.1) is 20.8 Å². The van der Waals surface area contributed by atoms with Gasteiger partial charge in [-0.2, -0.15) is 0 Å². The number of rotatable bonds is 5. The van der Waals surface area contributed by atoms with E-state index < -0.39 is 0 Å². The van der Waals surface area contributed by atoms with Crippen molar-refractivity contribution < 1.29 is 4.79 Å². The number of nitrogens with zero attached hydrogens (tertiary/aromatic N) is 1. The van der Waals surface area contributed by atoms with Crippen LogP contribution in [-0.4, -0.2) is 17.4 Å². The van der Waals surface area contributed by atoms with E-state index in [0.717, 1.165) is 28.2 Å². The molecule has 1 amide bonds. The van der Waals surface area contributed by atoms with Crippen LogP contribution < -0.4 is 5.32 Å². The van der Waals surface area contributed by atoms with Crippen molar-refractivity contribution in [3.05, 3.63) is 75.8 Å². The fourth-order valence-electron chi connectivity index (χ4n) is 2.58. The van der Waals surface area contributed by atoms with Gasteiger partial charge in [-0.05, 0) is 32.9 Å². The van der Waals surface area contributed by atoms with Crippen LogP contribution in [0.5, 0.6) is 0 Å². The molecule has 3 rings (SSSR count). The van der Waals surface area contributed by atoms with E-state index in [1.165, 1.54) is 10.4 Å². The number of amides is 1. The van der Waals surface area contributed by atoms with Crippen molar-refractivity contribution in [3.63, 3.8) is 0 Å². The molecule has 0 aliphatic rings. The van der Waals surface area contributed by atoms with E-state index >= 15 is 0 Å². The molecule has 0 aliphatic heterocycles. The molecule has 2 aromatic carbocycles. The third kappa shape index (κ3) is 4.34. The summed E-state index contributed by atoms with van der Waals surface area (Å²) in [5, 5.41) is 4.03. The molecule has 0 fully saturated rings. The summed E-state index contributed by atoms with van der Waals surface area (Å²) in [6, 6.07) is 16.1. The Morgan fingerprint density at radius 2 is 1.56 bits per heavy atom. The van der Waals surface area contributed by atoms with Gasteiger partial charge >= 0.3 is 0 Å². The van der Waals surface area contributed by atoms with Gasteiger partial charge in [0, 0.05) is 29.0 Å². The van der Waals surface area contributed by atoms with Gasteiger partial charge in [0.2, 0.25) is 0 Å². The monoisotopic (exact) mass is 350 g/mol. The molecule has 128 valence electrons. The van der Waals surface area contributed by atoms with Crippen LogP contribution >= 0.6 is 11.3 Å². The molecule has 0 saturated carbocycles. The number of nitrogens with one attached hydrogen (secondary N) is 1. The number of aromatic nitrogens is 1. The fraction of sp³-hybridized carbons (Fsp3) is 0.238. The second kappa shape index (κ2) is 7.62. The largest absolute Gasteiger partial charge is 0.352 e. The van der Waals surface area contributed by atoms with Crippen molar-refractivity contribution in [2.45, 2.75) is 27.2 Å². The second-order valence-electron chi connectivity index (χ2n) is 6.27. The zero-order chi connectivity index (χ0) is 17.8. The highest BCUT2D eigenvalue weighted by atomic mass is 32.1. The summed E-state index contributed by atoms with van der Waals surface area (Å²) in [6.07, 6.45) is 0.799. The molecular weight excluding hydrogens is 328 g/mol. The Labute approximate surface area is 152 Å². The van der Waals surface area contributed by atoms with Crippen LogP contribution in [0.3, 0.4) is 0 Å². The van der Waals surface area contributed by atoms with Crippen molar-refractivity contribution in [3.8, 4) is 10.6 Å². The molecule has 3 aromatic rings. The van der Waals surface area contributed by atoms with Crippen LogP contribution in [0.15, 0.2) is 48.5 Å². The van der Waals surface area contributed by atoms with Crippen LogP contribution in [-0.2, 0) is 6.42 Å². The summed E-state index contributed by atoms with van der Waals surface area (Å²) < 4.78 is 0. The van der Waals surface area contributed by atoms with Gasteiger partial charge in [-0.3, -0.25) is 4.79 Å². The van der Waals surface area contributed by atoms with E-state index in [1.54, 1.807) is 11.3 Å². The summed E-state index contributed by atoms with van der Waals surface area (Å²) in [4.78, 5) is 18.1. The molecule has 0 bridgehead atoms. The lowest BCUT2D eigenvalue weighted by Gasteiger charge is -2.05. The molecule has 1 N–H and O–H groups in total. The topological polar surface area (TPSA) is 42.0 Å². The van der Waals surface area contributed by atoms with E-state index in [-0.39, 0.29) is 5.91 Å². The van der Waals surface area contributed by atoms with Crippen LogP contribution in [0.2, 0.25) is 0 Å². The highest BCUT2D eigenvalue weighted by Crippen LogP contribution is 2.28. The Balaban J connectivity index is 1.61. The number of hydrogen-bond acceptors (Lipinski definition) is 3. The van der Waals surface area contributed by atoms with Gasteiger partial charge in [0.05, 0.1) is 5.69 Å². The molecular formula is C21H22N2OS. The summed E-state index contributed by atoms with van der Waals surface area (Å²) in [5.74, 6) is -0.0269. The first kappa shape index (κ1) is 17.4. The minimum absolute atomic E-state index is 0.0269. The predicted molar refractivity (Wildman–Crippen MR) is 104 cm³/mol. The Morgan fingerprint density at radius 3 is 2.20 bits per heavy atom. The van der Waals surface area contributed by atoms with Gasteiger partial charge in [0.15, 0.2) is 0 Å². The molecule has 0 aliphatic carbocycles. The Bertz CT molecular complexity index is 864. The maximum atomic E-state index is 12.2. The SMILES string of the molecule is Cc1ccc(C(=O)NCCc2sc(-c3ccc(C)cc3)nc2C)cc1. The Hall–Kier alpha value is -2.46. The lowest BCUT2D eigenvalue weighted by atomic mass is 10.1. The molecule has 0 radical (unpaired) electrons. The number of thiazole rings is 1. The highest BCUT2D eigenvalue weighted by molar-refractivity contribution is 7.15. The normalized spacial score (nSPS) is 10.7. The molecule has 1 aromatic heterocycles. The average molecular weight is 350 g/mol. The highest BCUT2D eigenvalue weighted by Gasteiger charge is 2.10. The third-order valence-electron chi connectivity index (χ3n) is 4.14. The maximum Gasteiger partial charge on any atom is 0.251 e. The molecule has 4 heteroatoms. The van der Waals surface area contributed by atoms with Gasteiger partial charge in [-0.15, -0.1) is 11.3 Å². The number of benzene rings is 2. The van der Waals surface area contributed by atoms with Crippen LogP contribution in [0.25, 0.3) is 10.6 Å². The van der Waals surface area contributed by atoms with Crippen molar-refractivity contribution >= 4 is 17.2 Å². The van der Waals surface area contributed by atoms with E-state index in [4.69, 9.17) is 0 Å². The van der Waals surface area contributed by atoms with Gasteiger partial charge in [0.1, 0.15) is 5.01 Å². The first-order chi connectivity index (χ1) is 12.0. The smallest absolute Gasteiger partial charge is 0.251 e.